The van der Waals surface area contributed by atoms with E-state index in [1.807, 2.05) is 48.5 Å². The highest BCUT2D eigenvalue weighted by atomic mass is 79.9. The number of hydrogen-bond acceptors (Lipinski definition) is 4. The van der Waals surface area contributed by atoms with Crippen molar-refractivity contribution in [2.75, 3.05) is 6.61 Å². The fourth-order valence-corrected chi connectivity index (χ4v) is 2.55. The van der Waals surface area contributed by atoms with Crippen LogP contribution in [0.4, 0.5) is 0 Å². The minimum atomic E-state index is -0.804. The monoisotopic (exact) mass is 374 g/mol. The van der Waals surface area contributed by atoms with Crippen molar-refractivity contribution < 1.29 is 9.84 Å². The van der Waals surface area contributed by atoms with Gasteiger partial charge in [0.2, 0.25) is 0 Å². The molecule has 0 bridgehead atoms. The van der Waals surface area contributed by atoms with Crippen LogP contribution in [0.5, 0.6) is 5.75 Å². The molecule has 3 rings (SSSR count). The molecule has 23 heavy (non-hydrogen) atoms. The lowest BCUT2D eigenvalue weighted by atomic mass is 10.2. The van der Waals surface area contributed by atoms with E-state index in [-0.39, 0.29) is 18.7 Å². The molecule has 0 amide bonds. The van der Waals surface area contributed by atoms with Gasteiger partial charge in [0, 0.05) is 4.47 Å². The highest BCUT2D eigenvalue weighted by Crippen LogP contribution is 2.16. The fourth-order valence-electron chi connectivity index (χ4n) is 2.29. The van der Waals surface area contributed by atoms with Crippen LogP contribution in [0.25, 0.3) is 11.0 Å². The number of aliphatic hydroxyl groups is 1. The van der Waals surface area contributed by atoms with Gasteiger partial charge in [-0.1, -0.05) is 28.1 Å². The molecular weight excluding hydrogens is 360 g/mol. The minimum Gasteiger partial charge on any atom is -0.491 e. The topological polar surface area (TPSA) is 64.4 Å². The number of aromatic nitrogens is 2. The van der Waals surface area contributed by atoms with Crippen LogP contribution in [0.2, 0.25) is 0 Å². The summed E-state index contributed by atoms with van der Waals surface area (Å²) >= 11 is 3.35. The fraction of sp³-hybridized carbons (Fsp3) is 0.176. The van der Waals surface area contributed by atoms with Gasteiger partial charge >= 0.3 is 0 Å². The first-order chi connectivity index (χ1) is 11.1. The molecule has 1 atom stereocenters. The van der Waals surface area contributed by atoms with Crippen LogP contribution in [-0.4, -0.2) is 27.4 Å². The zero-order valence-corrected chi connectivity index (χ0v) is 13.8. The summed E-state index contributed by atoms with van der Waals surface area (Å²) in [6, 6.07) is 14.7. The van der Waals surface area contributed by atoms with Crippen LogP contribution < -0.4 is 10.3 Å². The maximum Gasteiger partial charge on any atom is 0.269 e. The van der Waals surface area contributed by atoms with Gasteiger partial charge in [0.05, 0.1) is 23.8 Å². The number of rotatable bonds is 5. The Morgan fingerprint density at radius 1 is 1.17 bits per heavy atom. The van der Waals surface area contributed by atoms with E-state index < -0.39 is 6.10 Å². The van der Waals surface area contributed by atoms with E-state index in [1.54, 1.807) is 0 Å². The smallest absolute Gasteiger partial charge is 0.269 e. The highest BCUT2D eigenvalue weighted by molar-refractivity contribution is 9.10. The average molecular weight is 375 g/mol. The molecule has 0 radical (unpaired) electrons. The number of halogens is 1. The van der Waals surface area contributed by atoms with Crippen molar-refractivity contribution >= 4 is 27.0 Å². The predicted molar refractivity (Wildman–Crippen MR) is 91.6 cm³/mol. The summed E-state index contributed by atoms with van der Waals surface area (Å²) in [4.78, 5) is 16.1. The number of fused-ring (bicyclic) bond motifs is 1. The predicted octanol–water partition coefficient (Wildman–Crippen LogP) is 2.60. The lowest BCUT2D eigenvalue weighted by molar-refractivity contribution is 0.0927. The molecule has 1 heterocycles. The third-order valence-electron chi connectivity index (χ3n) is 3.40. The van der Waals surface area contributed by atoms with Crippen molar-refractivity contribution in [2.45, 2.75) is 12.6 Å². The van der Waals surface area contributed by atoms with Crippen molar-refractivity contribution in [3.63, 3.8) is 0 Å². The molecule has 0 aliphatic carbocycles. The molecule has 0 unspecified atom stereocenters. The number of nitrogens with zero attached hydrogens (tertiary/aromatic N) is 2. The molecule has 0 fully saturated rings. The second-order valence-electron chi connectivity index (χ2n) is 5.11. The zero-order chi connectivity index (χ0) is 16.2. The molecule has 6 heteroatoms. The lowest BCUT2D eigenvalue weighted by Gasteiger charge is -2.15. The molecule has 1 N–H and O–H groups in total. The van der Waals surface area contributed by atoms with Crippen molar-refractivity contribution in [1.29, 1.82) is 0 Å². The van der Waals surface area contributed by atoms with Crippen LogP contribution in [0.1, 0.15) is 0 Å². The minimum absolute atomic E-state index is 0.102. The average Bonchev–Trinajstić information content (AvgIpc) is 2.57. The summed E-state index contributed by atoms with van der Waals surface area (Å²) in [5, 5.41) is 10.2. The standard InChI is InChI=1S/C17H15BrN2O3/c18-12-5-7-14(8-6-12)23-11-13(21)10-20-16-4-2-1-3-15(16)19-9-17(20)22/h1-9,13,21H,10-11H2/t13-/m1/s1. The molecule has 0 aliphatic rings. The van der Waals surface area contributed by atoms with E-state index in [0.29, 0.717) is 16.8 Å². The Labute approximate surface area is 141 Å². The Morgan fingerprint density at radius 3 is 2.70 bits per heavy atom. The van der Waals surface area contributed by atoms with E-state index >= 15 is 0 Å². The molecular formula is C17H15BrN2O3. The maximum absolute atomic E-state index is 12.0. The van der Waals surface area contributed by atoms with Crippen LogP contribution in [0.15, 0.2) is 64.0 Å². The lowest BCUT2D eigenvalue weighted by Crippen LogP contribution is -2.30. The van der Waals surface area contributed by atoms with Gasteiger partial charge in [-0.3, -0.25) is 4.79 Å². The first-order valence-electron chi connectivity index (χ1n) is 7.14. The molecule has 0 saturated carbocycles. The molecule has 0 aliphatic heterocycles. The number of hydrogen-bond donors (Lipinski definition) is 1. The van der Waals surface area contributed by atoms with Gasteiger partial charge in [-0.2, -0.15) is 0 Å². The Morgan fingerprint density at radius 2 is 1.91 bits per heavy atom. The molecule has 3 aromatic rings. The molecule has 118 valence electrons. The third kappa shape index (κ3) is 3.78. The van der Waals surface area contributed by atoms with E-state index in [9.17, 15) is 9.90 Å². The summed E-state index contributed by atoms with van der Waals surface area (Å²) < 4.78 is 8.02. The number of benzene rings is 2. The summed E-state index contributed by atoms with van der Waals surface area (Å²) in [7, 11) is 0. The van der Waals surface area contributed by atoms with Crippen LogP contribution >= 0.6 is 15.9 Å². The van der Waals surface area contributed by atoms with E-state index in [2.05, 4.69) is 20.9 Å². The van der Waals surface area contributed by atoms with Gasteiger partial charge < -0.3 is 14.4 Å². The summed E-state index contributed by atoms with van der Waals surface area (Å²) in [5.74, 6) is 0.666. The molecule has 5 nitrogen and oxygen atoms in total. The molecule has 0 spiro atoms. The van der Waals surface area contributed by atoms with Gasteiger partial charge in [-0.25, -0.2) is 4.98 Å². The first kappa shape index (κ1) is 15.7. The Balaban J connectivity index is 1.73. The van der Waals surface area contributed by atoms with Gasteiger partial charge in [0.15, 0.2) is 0 Å². The Kier molecular flexibility index (Phi) is 4.73. The second kappa shape index (κ2) is 6.93. The van der Waals surface area contributed by atoms with Crippen molar-refractivity contribution in [1.82, 2.24) is 9.55 Å². The third-order valence-corrected chi connectivity index (χ3v) is 3.93. The quantitative estimate of drug-likeness (QED) is 0.745. The van der Waals surface area contributed by atoms with Crippen LogP contribution in [0, 0.1) is 0 Å². The Bertz CT molecular complexity index is 862. The molecule has 0 saturated heterocycles. The van der Waals surface area contributed by atoms with Crippen LogP contribution in [0.3, 0.4) is 0 Å². The van der Waals surface area contributed by atoms with Gasteiger partial charge in [-0.05, 0) is 36.4 Å². The normalized spacial score (nSPS) is 12.3. The number of para-hydroxylation sites is 2. The number of aliphatic hydroxyl groups excluding tert-OH is 1. The van der Waals surface area contributed by atoms with Gasteiger partial charge in [0.1, 0.15) is 18.5 Å². The molecule has 1 aromatic heterocycles. The van der Waals surface area contributed by atoms with Gasteiger partial charge in [-0.15, -0.1) is 0 Å². The zero-order valence-electron chi connectivity index (χ0n) is 12.2. The van der Waals surface area contributed by atoms with Crippen LogP contribution in [-0.2, 0) is 6.54 Å². The first-order valence-corrected chi connectivity index (χ1v) is 7.94. The number of ether oxygens (including phenoxy) is 1. The summed E-state index contributed by atoms with van der Waals surface area (Å²) in [5.41, 5.74) is 1.17. The van der Waals surface area contributed by atoms with Crippen molar-refractivity contribution in [2.24, 2.45) is 0 Å². The SMILES string of the molecule is O=c1cnc2ccccc2n1C[C@@H](O)COc1ccc(Br)cc1. The maximum atomic E-state index is 12.0. The van der Waals surface area contributed by atoms with Crippen molar-refractivity contribution in [3.05, 3.63) is 69.6 Å². The molecule has 2 aromatic carbocycles. The summed E-state index contributed by atoms with van der Waals surface area (Å²) in [6.45, 7) is 0.253. The van der Waals surface area contributed by atoms with Crippen molar-refractivity contribution in [3.8, 4) is 5.75 Å². The van der Waals surface area contributed by atoms with E-state index in [1.165, 1.54) is 10.8 Å². The van der Waals surface area contributed by atoms with E-state index in [0.717, 1.165) is 4.47 Å². The highest BCUT2D eigenvalue weighted by Gasteiger charge is 2.11. The Hall–Kier alpha value is -2.18. The largest absolute Gasteiger partial charge is 0.491 e. The summed E-state index contributed by atoms with van der Waals surface area (Å²) in [6.07, 6.45) is 0.465. The van der Waals surface area contributed by atoms with Gasteiger partial charge in [0.25, 0.3) is 5.56 Å². The second-order valence-corrected chi connectivity index (χ2v) is 6.03. The van der Waals surface area contributed by atoms with E-state index in [4.69, 9.17) is 4.74 Å².